The molecule has 2 aromatic heterocycles. The number of carbonyl (C=O) groups excluding carboxylic acids is 2. The van der Waals surface area contributed by atoms with Crippen LogP contribution >= 0.6 is 11.3 Å². The average molecular weight is 399 g/mol. The molecule has 0 radical (unpaired) electrons. The molecule has 3 rings (SSSR count). The quantitative estimate of drug-likeness (QED) is 0.595. The molecule has 1 aromatic carbocycles. The Morgan fingerprint density at radius 3 is 2.64 bits per heavy atom. The van der Waals surface area contributed by atoms with Gasteiger partial charge in [0.05, 0.1) is 18.1 Å². The van der Waals surface area contributed by atoms with Crippen LogP contribution in [0.1, 0.15) is 16.9 Å². The summed E-state index contributed by atoms with van der Waals surface area (Å²) in [5.41, 5.74) is 1.47. The highest BCUT2D eigenvalue weighted by Gasteiger charge is 2.15. The number of likely N-dealkylation sites (N-methyl/N-ethyl adjacent to an activating group) is 1. The standard InChI is InChI=1S/C20H21N3O4S/c1-13-14(2)28-19-18(13)20(26)23(12-21-19)10-9-17(25)27-11-16(24)22(3)15-7-5-4-6-8-15/h4-8,12H,9-11H2,1-3H3. The van der Waals surface area contributed by atoms with Crippen LogP contribution in [0.5, 0.6) is 0 Å². The van der Waals surface area contributed by atoms with Gasteiger partial charge in [0.2, 0.25) is 0 Å². The largest absolute Gasteiger partial charge is 0.455 e. The van der Waals surface area contributed by atoms with Crippen molar-refractivity contribution in [2.24, 2.45) is 0 Å². The number of carbonyl (C=O) groups is 2. The van der Waals surface area contributed by atoms with Crippen LogP contribution in [-0.4, -0.2) is 35.1 Å². The second-order valence-corrected chi connectivity index (χ2v) is 7.61. The van der Waals surface area contributed by atoms with Gasteiger partial charge in [0.15, 0.2) is 6.61 Å². The molecular formula is C20H21N3O4S. The van der Waals surface area contributed by atoms with E-state index >= 15 is 0 Å². The van der Waals surface area contributed by atoms with Crippen LogP contribution in [0.25, 0.3) is 10.2 Å². The van der Waals surface area contributed by atoms with E-state index in [0.717, 1.165) is 16.1 Å². The van der Waals surface area contributed by atoms with Gasteiger partial charge in [0.25, 0.3) is 11.5 Å². The molecule has 0 bridgehead atoms. The number of thiophene rings is 1. The summed E-state index contributed by atoms with van der Waals surface area (Å²) < 4.78 is 6.46. The topological polar surface area (TPSA) is 81.5 Å². The molecule has 146 valence electrons. The van der Waals surface area contributed by atoms with Gasteiger partial charge in [0, 0.05) is 24.2 Å². The minimum atomic E-state index is -0.542. The van der Waals surface area contributed by atoms with E-state index in [2.05, 4.69) is 4.98 Å². The van der Waals surface area contributed by atoms with Crippen molar-refractivity contribution in [3.05, 3.63) is 57.5 Å². The lowest BCUT2D eigenvalue weighted by molar-refractivity contribution is -0.148. The van der Waals surface area contributed by atoms with Crippen LogP contribution in [0.2, 0.25) is 0 Å². The highest BCUT2D eigenvalue weighted by molar-refractivity contribution is 7.18. The Balaban J connectivity index is 1.57. The second kappa shape index (κ2) is 8.35. The van der Waals surface area contributed by atoms with Crippen molar-refractivity contribution >= 4 is 39.1 Å². The number of para-hydroxylation sites is 1. The maximum absolute atomic E-state index is 12.6. The van der Waals surface area contributed by atoms with Gasteiger partial charge in [-0.25, -0.2) is 4.98 Å². The van der Waals surface area contributed by atoms with E-state index < -0.39 is 5.97 Å². The number of amides is 1. The van der Waals surface area contributed by atoms with Crippen LogP contribution in [-0.2, 0) is 20.9 Å². The van der Waals surface area contributed by atoms with Gasteiger partial charge in [-0.3, -0.25) is 19.0 Å². The molecule has 8 heteroatoms. The van der Waals surface area contributed by atoms with Crippen molar-refractivity contribution in [1.29, 1.82) is 0 Å². The van der Waals surface area contributed by atoms with E-state index in [-0.39, 0.29) is 31.0 Å². The minimum absolute atomic E-state index is 0.0163. The van der Waals surface area contributed by atoms with E-state index in [9.17, 15) is 14.4 Å². The van der Waals surface area contributed by atoms with Gasteiger partial charge >= 0.3 is 5.97 Å². The third kappa shape index (κ3) is 4.12. The molecule has 28 heavy (non-hydrogen) atoms. The van der Waals surface area contributed by atoms with E-state index in [1.807, 2.05) is 32.0 Å². The molecule has 0 N–H and O–H groups in total. The highest BCUT2D eigenvalue weighted by atomic mass is 32.1. The highest BCUT2D eigenvalue weighted by Crippen LogP contribution is 2.25. The number of nitrogens with zero attached hydrogens (tertiary/aromatic N) is 3. The molecule has 1 amide bonds. The number of hydrogen-bond donors (Lipinski definition) is 0. The van der Waals surface area contributed by atoms with Gasteiger partial charge in [-0.05, 0) is 31.5 Å². The van der Waals surface area contributed by atoms with Crippen LogP contribution in [0.15, 0.2) is 41.5 Å². The summed E-state index contributed by atoms with van der Waals surface area (Å²) in [4.78, 5) is 44.2. The zero-order chi connectivity index (χ0) is 20.3. The lowest BCUT2D eigenvalue weighted by atomic mass is 10.2. The van der Waals surface area contributed by atoms with E-state index in [4.69, 9.17) is 4.74 Å². The number of rotatable bonds is 6. The lowest BCUT2D eigenvalue weighted by Crippen LogP contribution is -2.31. The number of anilines is 1. The summed E-state index contributed by atoms with van der Waals surface area (Å²) in [6.45, 7) is 3.65. The Labute approximate surface area is 166 Å². The number of esters is 1. The number of aromatic nitrogens is 2. The van der Waals surface area contributed by atoms with E-state index in [1.54, 1.807) is 19.2 Å². The smallest absolute Gasteiger partial charge is 0.308 e. The Bertz CT molecular complexity index is 1070. The maximum atomic E-state index is 12.6. The fourth-order valence-electron chi connectivity index (χ4n) is 2.75. The van der Waals surface area contributed by atoms with Crippen molar-refractivity contribution in [3.8, 4) is 0 Å². The third-order valence-corrected chi connectivity index (χ3v) is 5.70. The monoisotopic (exact) mass is 399 g/mol. The van der Waals surface area contributed by atoms with E-state index in [0.29, 0.717) is 10.2 Å². The summed E-state index contributed by atoms with van der Waals surface area (Å²) >= 11 is 1.48. The van der Waals surface area contributed by atoms with Crippen molar-refractivity contribution in [2.75, 3.05) is 18.6 Å². The molecule has 7 nitrogen and oxygen atoms in total. The fourth-order valence-corrected chi connectivity index (χ4v) is 3.74. The molecule has 2 heterocycles. The van der Waals surface area contributed by atoms with Gasteiger partial charge in [-0.2, -0.15) is 0 Å². The molecule has 0 unspecified atom stereocenters. The molecule has 0 aliphatic rings. The van der Waals surface area contributed by atoms with Gasteiger partial charge in [-0.15, -0.1) is 11.3 Å². The number of aryl methyl sites for hydroxylation is 3. The van der Waals surface area contributed by atoms with Crippen molar-refractivity contribution in [2.45, 2.75) is 26.8 Å². The molecule has 0 saturated carbocycles. The number of fused-ring (bicyclic) bond motifs is 1. The van der Waals surface area contributed by atoms with Crippen LogP contribution in [0, 0.1) is 13.8 Å². The average Bonchev–Trinajstić information content (AvgIpc) is 3.00. The predicted molar refractivity (Wildman–Crippen MR) is 109 cm³/mol. The SMILES string of the molecule is Cc1sc2ncn(CCC(=O)OCC(=O)N(C)c3ccccc3)c(=O)c2c1C. The summed E-state index contributed by atoms with van der Waals surface area (Å²) in [6, 6.07) is 9.09. The summed E-state index contributed by atoms with van der Waals surface area (Å²) in [7, 11) is 1.62. The number of hydrogen-bond acceptors (Lipinski definition) is 6. The first kappa shape index (κ1) is 19.8. The Morgan fingerprint density at radius 2 is 1.93 bits per heavy atom. The second-order valence-electron chi connectivity index (χ2n) is 6.41. The number of ether oxygens (including phenoxy) is 1. The third-order valence-electron chi connectivity index (χ3n) is 4.59. The van der Waals surface area contributed by atoms with Crippen molar-refractivity contribution in [3.63, 3.8) is 0 Å². The van der Waals surface area contributed by atoms with Gasteiger partial charge in [0.1, 0.15) is 4.83 Å². The summed E-state index contributed by atoms with van der Waals surface area (Å²) in [6.07, 6.45) is 1.43. The van der Waals surface area contributed by atoms with Crippen molar-refractivity contribution < 1.29 is 14.3 Å². The Morgan fingerprint density at radius 1 is 1.21 bits per heavy atom. The Kier molecular flexibility index (Phi) is 5.89. The first-order chi connectivity index (χ1) is 13.4. The minimum Gasteiger partial charge on any atom is -0.455 e. The molecule has 0 aliphatic carbocycles. The first-order valence-corrected chi connectivity index (χ1v) is 9.62. The zero-order valence-corrected chi connectivity index (χ0v) is 16.8. The zero-order valence-electron chi connectivity index (χ0n) is 16.0. The molecule has 0 saturated heterocycles. The summed E-state index contributed by atoms with van der Waals surface area (Å²) in [5.74, 6) is -0.871. The summed E-state index contributed by atoms with van der Waals surface area (Å²) in [5, 5.41) is 0.595. The molecule has 0 atom stereocenters. The molecule has 0 fully saturated rings. The van der Waals surface area contributed by atoms with Crippen LogP contribution in [0.4, 0.5) is 5.69 Å². The van der Waals surface area contributed by atoms with Crippen LogP contribution < -0.4 is 10.5 Å². The normalized spacial score (nSPS) is 10.8. The number of benzene rings is 1. The molecular weight excluding hydrogens is 378 g/mol. The van der Waals surface area contributed by atoms with Crippen molar-refractivity contribution in [1.82, 2.24) is 9.55 Å². The fraction of sp³-hybridized carbons (Fsp3) is 0.300. The van der Waals surface area contributed by atoms with Gasteiger partial charge < -0.3 is 9.64 Å². The predicted octanol–water partition coefficient (Wildman–Crippen LogP) is 2.67. The molecule has 0 aliphatic heterocycles. The van der Waals surface area contributed by atoms with E-state index in [1.165, 1.54) is 27.1 Å². The first-order valence-electron chi connectivity index (χ1n) is 8.81. The molecule has 3 aromatic rings. The van der Waals surface area contributed by atoms with Gasteiger partial charge in [-0.1, -0.05) is 18.2 Å². The Hall–Kier alpha value is -3.00. The maximum Gasteiger partial charge on any atom is 0.308 e. The lowest BCUT2D eigenvalue weighted by Gasteiger charge is -2.17. The van der Waals surface area contributed by atoms with Crippen LogP contribution in [0.3, 0.4) is 0 Å². The molecule has 0 spiro atoms.